The summed E-state index contributed by atoms with van der Waals surface area (Å²) in [5, 5.41) is 4.64. The van der Waals surface area contributed by atoms with Crippen LogP contribution >= 0.6 is 0 Å². The van der Waals surface area contributed by atoms with E-state index >= 15 is 0 Å². The molecule has 1 heterocycles. The van der Waals surface area contributed by atoms with Crippen LogP contribution in [0.3, 0.4) is 0 Å². The average Bonchev–Trinajstić information content (AvgIpc) is 2.68. The molecule has 2 rings (SSSR count). The minimum absolute atomic E-state index is 0.0327. The van der Waals surface area contributed by atoms with Crippen LogP contribution in [0.2, 0.25) is 0 Å². The van der Waals surface area contributed by atoms with Gasteiger partial charge in [-0.25, -0.2) is 0 Å². The van der Waals surface area contributed by atoms with E-state index in [9.17, 15) is 0 Å². The molecule has 1 saturated carbocycles. The molecule has 0 aromatic carbocycles. The second-order valence-corrected chi connectivity index (χ2v) is 6.69. The van der Waals surface area contributed by atoms with Gasteiger partial charge in [0, 0.05) is 24.2 Å². The number of nitrogens with zero attached hydrogens (tertiary/aromatic N) is 2. The Bertz CT molecular complexity index is 412. The zero-order valence-corrected chi connectivity index (χ0v) is 12.9. The van der Waals surface area contributed by atoms with Crippen molar-refractivity contribution in [1.82, 2.24) is 9.78 Å². The first kappa shape index (κ1) is 14.6. The van der Waals surface area contributed by atoms with E-state index in [0.29, 0.717) is 0 Å². The van der Waals surface area contributed by atoms with E-state index in [0.717, 1.165) is 44.1 Å². The predicted molar refractivity (Wildman–Crippen MR) is 80.1 cm³/mol. The molecule has 0 spiro atoms. The Morgan fingerprint density at radius 1 is 1.32 bits per heavy atom. The molecule has 3 nitrogen and oxygen atoms in total. The molecule has 0 bridgehead atoms. The lowest BCUT2D eigenvalue weighted by molar-refractivity contribution is 0.180. The van der Waals surface area contributed by atoms with E-state index in [2.05, 4.69) is 43.5 Å². The number of nitrogens with two attached hydrogens (primary N) is 1. The maximum absolute atomic E-state index is 6.71. The van der Waals surface area contributed by atoms with Gasteiger partial charge < -0.3 is 5.73 Å². The average molecular weight is 263 g/mol. The highest BCUT2D eigenvalue weighted by molar-refractivity contribution is 5.14. The van der Waals surface area contributed by atoms with Gasteiger partial charge in [0.1, 0.15) is 0 Å². The van der Waals surface area contributed by atoms with Gasteiger partial charge >= 0.3 is 0 Å². The van der Waals surface area contributed by atoms with Crippen LogP contribution in [-0.2, 0) is 19.4 Å². The first-order valence-corrected chi connectivity index (χ1v) is 7.80. The van der Waals surface area contributed by atoms with Crippen molar-refractivity contribution in [2.75, 3.05) is 0 Å². The van der Waals surface area contributed by atoms with Crippen molar-refractivity contribution in [3.8, 4) is 0 Å². The van der Waals surface area contributed by atoms with E-state index in [1.807, 2.05) is 0 Å². The van der Waals surface area contributed by atoms with E-state index in [1.54, 1.807) is 0 Å². The Balaban J connectivity index is 2.17. The summed E-state index contributed by atoms with van der Waals surface area (Å²) in [7, 11) is 0. The molecule has 3 heteroatoms. The van der Waals surface area contributed by atoms with Gasteiger partial charge in [-0.3, -0.25) is 4.68 Å². The summed E-state index contributed by atoms with van der Waals surface area (Å²) < 4.78 is 2.14. The van der Waals surface area contributed by atoms with E-state index in [1.165, 1.54) is 17.8 Å². The fourth-order valence-electron chi connectivity index (χ4n) is 3.93. The zero-order valence-electron chi connectivity index (χ0n) is 12.9. The maximum Gasteiger partial charge on any atom is 0.0624 e. The topological polar surface area (TPSA) is 43.8 Å². The molecule has 2 N–H and O–H groups in total. The van der Waals surface area contributed by atoms with E-state index in [-0.39, 0.29) is 5.54 Å². The third-order valence-corrected chi connectivity index (χ3v) is 4.42. The fourth-order valence-corrected chi connectivity index (χ4v) is 3.93. The van der Waals surface area contributed by atoms with Crippen molar-refractivity contribution in [3.05, 3.63) is 17.5 Å². The van der Waals surface area contributed by atoms with Gasteiger partial charge in [0.25, 0.3) is 0 Å². The van der Waals surface area contributed by atoms with Crippen LogP contribution in [0.4, 0.5) is 0 Å². The Kier molecular flexibility index (Phi) is 4.34. The van der Waals surface area contributed by atoms with E-state index in [4.69, 9.17) is 5.73 Å². The van der Waals surface area contributed by atoms with Gasteiger partial charge in [-0.05, 0) is 50.5 Å². The first-order chi connectivity index (χ1) is 8.95. The Hall–Kier alpha value is -0.830. The number of hydrogen-bond donors (Lipinski definition) is 1. The lowest BCUT2D eigenvalue weighted by atomic mass is 9.70. The second kappa shape index (κ2) is 5.66. The van der Waals surface area contributed by atoms with Crippen LogP contribution in [0.5, 0.6) is 0 Å². The number of rotatable bonds is 4. The monoisotopic (exact) mass is 263 g/mol. The van der Waals surface area contributed by atoms with Crippen molar-refractivity contribution in [2.45, 2.75) is 71.9 Å². The lowest BCUT2D eigenvalue weighted by Crippen LogP contribution is -2.48. The van der Waals surface area contributed by atoms with Crippen LogP contribution in [0.1, 0.15) is 58.3 Å². The summed E-state index contributed by atoms with van der Waals surface area (Å²) in [6.45, 7) is 9.94. The molecular weight excluding hydrogens is 234 g/mol. The molecule has 2 atom stereocenters. The molecule has 0 saturated heterocycles. The molecule has 0 aliphatic heterocycles. The molecule has 2 unspecified atom stereocenters. The lowest BCUT2D eigenvalue weighted by Gasteiger charge is -2.40. The maximum atomic E-state index is 6.71. The molecule has 1 aromatic rings. The minimum Gasteiger partial charge on any atom is -0.325 e. The summed E-state index contributed by atoms with van der Waals surface area (Å²) in [5.74, 6) is 1.50. The van der Waals surface area contributed by atoms with Crippen molar-refractivity contribution in [1.29, 1.82) is 0 Å². The van der Waals surface area contributed by atoms with Gasteiger partial charge in [-0.15, -0.1) is 0 Å². The molecule has 0 amide bonds. The summed E-state index contributed by atoms with van der Waals surface area (Å²) in [6.07, 6.45) is 5.60. The quantitative estimate of drug-likeness (QED) is 0.907. The number of aromatic nitrogens is 2. The Labute approximate surface area is 117 Å². The minimum atomic E-state index is -0.0327. The third-order valence-electron chi connectivity index (χ3n) is 4.42. The molecule has 0 radical (unpaired) electrons. The predicted octanol–water partition coefficient (Wildman–Crippen LogP) is 3.16. The van der Waals surface area contributed by atoms with Gasteiger partial charge in [0.2, 0.25) is 0 Å². The highest BCUT2D eigenvalue weighted by atomic mass is 15.3. The molecule has 1 aromatic heterocycles. The van der Waals surface area contributed by atoms with Gasteiger partial charge in [-0.1, -0.05) is 20.8 Å². The number of aryl methyl sites for hydroxylation is 2. The van der Waals surface area contributed by atoms with Gasteiger partial charge in [0.05, 0.1) is 5.69 Å². The van der Waals surface area contributed by atoms with Crippen LogP contribution in [-0.4, -0.2) is 15.3 Å². The SMILES string of the molecule is CCc1cc(CC2(N)CC(C)CC(C)C2)n(CC)n1. The summed E-state index contributed by atoms with van der Waals surface area (Å²) >= 11 is 0. The Morgan fingerprint density at radius 2 is 1.95 bits per heavy atom. The van der Waals surface area contributed by atoms with Crippen molar-refractivity contribution in [2.24, 2.45) is 17.6 Å². The van der Waals surface area contributed by atoms with Crippen LogP contribution in [0.15, 0.2) is 6.07 Å². The zero-order chi connectivity index (χ0) is 14.0. The highest BCUT2D eigenvalue weighted by Gasteiger charge is 2.35. The number of hydrogen-bond acceptors (Lipinski definition) is 2. The highest BCUT2D eigenvalue weighted by Crippen LogP contribution is 2.36. The normalized spacial score (nSPS) is 31.6. The van der Waals surface area contributed by atoms with Crippen LogP contribution in [0.25, 0.3) is 0 Å². The molecular formula is C16H29N3. The van der Waals surface area contributed by atoms with Crippen LogP contribution < -0.4 is 5.73 Å². The molecule has 1 aliphatic rings. The molecule has 108 valence electrons. The Morgan fingerprint density at radius 3 is 2.47 bits per heavy atom. The molecule has 1 aliphatic carbocycles. The van der Waals surface area contributed by atoms with Crippen molar-refractivity contribution < 1.29 is 0 Å². The third kappa shape index (κ3) is 3.38. The van der Waals surface area contributed by atoms with Crippen molar-refractivity contribution in [3.63, 3.8) is 0 Å². The van der Waals surface area contributed by atoms with Crippen LogP contribution in [0, 0.1) is 11.8 Å². The first-order valence-electron chi connectivity index (χ1n) is 7.80. The summed E-state index contributed by atoms with van der Waals surface area (Å²) in [6, 6.07) is 2.25. The summed E-state index contributed by atoms with van der Waals surface area (Å²) in [4.78, 5) is 0. The van der Waals surface area contributed by atoms with Gasteiger partial charge in [0.15, 0.2) is 0 Å². The molecule has 19 heavy (non-hydrogen) atoms. The summed E-state index contributed by atoms with van der Waals surface area (Å²) in [5.41, 5.74) is 9.19. The van der Waals surface area contributed by atoms with E-state index < -0.39 is 0 Å². The second-order valence-electron chi connectivity index (χ2n) is 6.69. The van der Waals surface area contributed by atoms with Gasteiger partial charge in [-0.2, -0.15) is 5.10 Å². The fraction of sp³-hybridized carbons (Fsp3) is 0.812. The standard InChI is InChI=1S/C16H29N3/c1-5-14-8-15(19(6-2)18-14)11-16(17)9-12(3)7-13(4)10-16/h8,12-13H,5-7,9-11,17H2,1-4H3. The largest absolute Gasteiger partial charge is 0.325 e. The van der Waals surface area contributed by atoms with Crippen molar-refractivity contribution >= 4 is 0 Å². The smallest absolute Gasteiger partial charge is 0.0624 e. The molecule has 1 fully saturated rings.